The minimum atomic E-state index is -3.67. The first kappa shape index (κ1) is 18.6. The first-order valence-electron chi connectivity index (χ1n) is 7.70. The summed E-state index contributed by atoms with van der Waals surface area (Å²) in [7, 11) is -2.00. The molecule has 0 amide bonds. The van der Waals surface area contributed by atoms with E-state index in [1.54, 1.807) is 13.2 Å². The predicted molar refractivity (Wildman–Crippen MR) is 91.3 cm³/mol. The lowest BCUT2D eigenvalue weighted by Gasteiger charge is -2.41. The van der Waals surface area contributed by atoms with Gasteiger partial charge in [0.2, 0.25) is 0 Å². The normalized spacial score (nSPS) is 19.5. The quantitative estimate of drug-likeness (QED) is 0.557. The van der Waals surface area contributed by atoms with Crippen LogP contribution in [0.2, 0.25) is 0 Å². The summed E-state index contributed by atoms with van der Waals surface area (Å²) >= 11 is 0. The molecule has 0 spiro atoms. The molecule has 1 unspecified atom stereocenters. The zero-order valence-corrected chi connectivity index (χ0v) is 15.0. The molecule has 0 saturated carbocycles. The largest absolute Gasteiger partial charge is 0.383 e. The van der Waals surface area contributed by atoms with Crippen LogP contribution in [0.15, 0.2) is 23.1 Å². The molecule has 0 aliphatic carbocycles. The molecular formula is C15H23N3O5S. The van der Waals surface area contributed by atoms with Crippen LogP contribution in [0.5, 0.6) is 0 Å². The lowest BCUT2D eigenvalue weighted by molar-refractivity contribution is -0.387. The molecular weight excluding hydrogens is 334 g/mol. The number of sulfone groups is 1. The number of nitrogens with zero attached hydrogens (tertiary/aromatic N) is 3. The van der Waals surface area contributed by atoms with Gasteiger partial charge in [-0.05, 0) is 19.1 Å². The molecule has 0 N–H and O–H groups in total. The number of nitro groups is 1. The van der Waals surface area contributed by atoms with Gasteiger partial charge in [-0.1, -0.05) is 0 Å². The minimum absolute atomic E-state index is 0.237. The molecule has 134 valence electrons. The van der Waals surface area contributed by atoms with Crippen molar-refractivity contribution in [3.8, 4) is 0 Å². The van der Waals surface area contributed by atoms with E-state index in [0.29, 0.717) is 12.3 Å². The molecule has 0 aromatic heterocycles. The molecule has 8 nitrogen and oxygen atoms in total. The van der Waals surface area contributed by atoms with Crippen molar-refractivity contribution in [2.24, 2.45) is 0 Å². The number of ether oxygens (including phenoxy) is 1. The fourth-order valence-electron chi connectivity index (χ4n) is 2.92. The Hall–Kier alpha value is -1.71. The van der Waals surface area contributed by atoms with Crippen LogP contribution < -0.4 is 4.90 Å². The van der Waals surface area contributed by atoms with Crippen LogP contribution in [0.25, 0.3) is 0 Å². The van der Waals surface area contributed by atoms with E-state index in [-0.39, 0.29) is 16.6 Å². The van der Waals surface area contributed by atoms with Crippen LogP contribution in [-0.4, -0.2) is 70.4 Å². The van der Waals surface area contributed by atoms with Gasteiger partial charge in [-0.2, -0.15) is 0 Å². The van der Waals surface area contributed by atoms with Gasteiger partial charge in [0, 0.05) is 57.3 Å². The van der Waals surface area contributed by atoms with Crippen molar-refractivity contribution in [3.63, 3.8) is 0 Å². The molecule has 1 aliphatic heterocycles. The zero-order chi connectivity index (χ0) is 17.9. The molecule has 24 heavy (non-hydrogen) atoms. The van der Waals surface area contributed by atoms with E-state index >= 15 is 0 Å². The van der Waals surface area contributed by atoms with Crippen LogP contribution in [0, 0.1) is 10.1 Å². The molecule has 0 radical (unpaired) electrons. The number of nitro benzene ring substituents is 1. The second-order valence-corrected chi connectivity index (χ2v) is 7.99. The molecule has 1 aromatic carbocycles. The number of piperazine rings is 1. The fraction of sp³-hybridized carbons (Fsp3) is 0.600. The van der Waals surface area contributed by atoms with Crippen LogP contribution in [-0.2, 0) is 14.6 Å². The lowest BCUT2D eigenvalue weighted by atomic mass is 10.1. The number of benzene rings is 1. The van der Waals surface area contributed by atoms with E-state index in [1.165, 1.54) is 12.1 Å². The van der Waals surface area contributed by atoms with Gasteiger partial charge in [0.15, 0.2) is 9.84 Å². The number of anilines is 1. The van der Waals surface area contributed by atoms with Crippen molar-refractivity contribution in [3.05, 3.63) is 28.3 Å². The Balaban J connectivity index is 2.23. The summed E-state index contributed by atoms with van der Waals surface area (Å²) in [6.45, 7) is 5.90. The van der Waals surface area contributed by atoms with Gasteiger partial charge in [0.25, 0.3) is 5.69 Å². The number of hydrogen-bond donors (Lipinski definition) is 0. The van der Waals surface area contributed by atoms with Gasteiger partial charge in [-0.3, -0.25) is 15.0 Å². The highest BCUT2D eigenvalue weighted by Gasteiger charge is 2.27. The van der Waals surface area contributed by atoms with Crippen LogP contribution >= 0.6 is 0 Å². The maximum Gasteiger partial charge on any atom is 0.288 e. The van der Waals surface area contributed by atoms with Gasteiger partial charge >= 0.3 is 0 Å². The zero-order valence-electron chi connectivity index (χ0n) is 14.1. The maximum atomic E-state index is 11.9. The van der Waals surface area contributed by atoms with Crippen molar-refractivity contribution in [1.29, 1.82) is 0 Å². The first-order valence-corrected chi connectivity index (χ1v) is 9.59. The van der Waals surface area contributed by atoms with E-state index < -0.39 is 14.8 Å². The minimum Gasteiger partial charge on any atom is -0.383 e. The molecule has 9 heteroatoms. The summed E-state index contributed by atoms with van der Waals surface area (Å²) in [5.41, 5.74) is 0.312. The summed E-state index contributed by atoms with van der Waals surface area (Å²) in [4.78, 5) is 14.5. The highest BCUT2D eigenvalue weighted by atomic mass is 32.2. The molecule has 1 heterocycles. The fourth-order valence-corrected chi connectivity index (χ4v) is 3.78. The molecule has 1 fully saturated rings. The first-order chi connectivity index (χ1) is 11.2. The van der Waals surface area contributed by atoms with Gasteiger partial charge in [0.05, 0.1) is 11.5 Å². The molecule has 1 aliphatic rings. The summed E-state index contributed by atoms with van der Waals surface area (Å²) in [5, 5.41) is 11.1. The average molecular weight is 357 g/mol. The Kier molecular flexibility index (Phi) is 5.79. The van der Waals surface area contributed by atoms with E-state index in [4.69, 9.17) is 4.74 Å². The van der Waals surface area contributed by atoms with Crippen molar-refractivity contribution in [1.82, 2.24) is 4.90 Å². The Morgan fingerprint density at radius 3 is 2.62 bits per heavy atom. The number of methoxy groups -OCH3 is 1. The van der Waals surface area contributed by atoms with Crippen molar-refractivity contribution >= 4 is 21.2 Å². The van der Waals surface area contributed by atoms with Gasteiger partial charge in [-0.25, -0.2) is 8.42 Å². The van der Waals surface area contributed by atoms with E-state index in [0.717, 1.165) is 32.4 Å². The Labute approximate surface area is 142 Å². The molecule has 1 aromatic rings. The molecule has 1 atom stereocenters. The second kappa shape index (κ2) is 7.45. The standard InChI is InChI=1S/C15H23N3O5S/c1-12-11-17(7-6-16(12)8-9-23-2)13-4-5-14(18(19)20)15(10-13)24(3,21)22/h4-5,10,12H,6-9,11H2,1-3H3. The smallest absolute Gasteiger partial charge is 0.288 e. The van der Waals surface area contributed by atoms with Crippen molar-refractivity contribution < 1.29 is 18.1 Å². The second-order valence-electron chi connectivity index (χ2n) is 6.01. The predicted octanol–water partition coefficient (Wildman–Crippen LogP) is 1.16. The van der Waals surface area contributed by atoms with E-state index in [2.05, 4.69) is 16.7 Å². The van der Waals surface area contributed by atoms with Crippen molar-refractivity contribution in [2.45, 2.75) is 17.9 Å². The monoisotopic (exact) mass is 357 g/mol. The Bertz CT molecular complexity index is 707. The highest BCUT2D eigenvalue weighted by molar-refractivity contribution is 7.90. The third-order valence-electron chi connectivity index (χ3n) is 4.25. The molecule has 2 rings (SSSR count). The average Bonchev–Trinajstić information content (AvgIpc) is 2.52. The van der Waals surface area contributed by atoms with Crippen molar-refractivity contribution in [2.75, 3.05) is 51.1 Å². The third-order valence-corrected chi connectivity index (χ3v) is 5.38. The SMILES string of the molecule is COCCN1CCN(c2ccc([N+](=O)[O-])c(S(C)(=O)=O)c2)CC1C. The van der Waals surface area contributed by atoms with Crippen LogP contribution in [0.4, 0.5) is 11.4 Å². The summed E-state index contributed by atoms with van der Waals surface area (Å²) in [6.07, 6.45) is 0.991. The third kappa shape index (κ3) is 4.22. The number of hydrogen-bond acceptors (Lipinski definition) is 7. The lowest BCUT2D eigenvalue weighted by Crippen LogP contribution is -2.52. The molecule has 0 bridgehead atoms. The van der Waals surface area contributed by atoms with Gasteiger partial charge < -0.3 is 9.64 Å². The number of rotatable bonds is 6. The van der Waals surface area contributed by atoms with Gasteiger partial charge in [-0.15, -0.1) is 0 Å². The summed E-state index contributed by atoms with van der Waals surface area (Å²) in [5.74, 6) is 0. The van der Waals surface area contributed by atoms with Gasteiger partial charge in [0.1, 0.15) is 4.90 Å². The Morgan fingerprint density at radius 2 is 2.08 bits per heavy atom. The van der Waals surface area contributed by atoms with E-state index in [9.17, 15) is 18.5 Å². The van der Waals surface area contributed by atoms with Crippen LogP contribution in [0.1, 0.15) is 6.92 Å². The van der Waals surface area contributed by atoms with Crippen LogP contribution in [0.3, 0.4) is 0 Å². The van der Waals surface area contributed by atoms with E-state index in [1.807, 2.05) is 0 Å². The molecule has 1 saturated heterocycles. The summed E-state index contributed by atoms with van der Waals surface area (Å²) in [6, 6.07) is 4.58. The maximum absolute atomic E-state index is 11.9. The Morgan fingerprint density at radius 1 is 1.38 bits per heavy atom. The topological polar surface area (TPSA) is 93.0 Å². The highest BCUT2D eigenvalue weighted by Crippen LogP contribution is 2.29. The summed E-state index contributed by atoms with van der Waals surface area (Å²) < 4.78 is 28.9.